The van der Waals surface area contributed by atoms with Crippen molar-refractivity contribution in [2.24, 2.45) is 0 Å². The fraction of sp³-hybridized carbons (Fsp3) is 0.300. The Morgan fingerprint density at radius 2 is 2.11 bits per heavy atom. The first-order valence-corrected chi connectivity index (χ1v) is 9.08. The summed E-state index contributed by atoms with van der Waals surface area (Å²) in [4.78, 5) is 11.3. The van der Waals surface area contributed by atoms with Crippen LogP contribution in [0, 0.1) is 5.82 Å². The van der Waals surface area contributed by atoms with Crippen LogP contribution in [-0.4, -0.2) is 37.1 Å². The van der Waals surface area contributed by atoms with Crippen LogP contribution in [-0.2, 0) is 19.9 Å². The molecule has 0 saturated carbocycles. The van der Waals surface area contributed by atoms with Crippen molar-refractivity contribution in [2.45, 2.75) is 4.90 Å². The van der Waals surface area contributed by atoms with Gasteiger partial charge >= 0.3 is 0 Å². The minimum absolute atomic E-state index is 0.0965. The molecule has 1 unspecified atom stereocenters. The van der Waals surface area contributed by atoms with Crippen molar-refractivity contribution in [2.75, 3.05) is 18.6 Å². The minimum atomic E-state index is -4.03. The van der Waals surface area contributed by atoms with Gasteiger partial charge in [-0.2, -0.15) is 0 Å². The molecule has 0 aromatic heterocycles. The van der Waals surface area contributed by atoms with Crippen molar-refractivity contribution < 1.29 is 21.8 Å². The molecule has 1 N–H and O–H groups in total. The smallest absolute Gasteiger partial charge is 0.261 e. The Morgan fingerprint density at radius 3 is 2.63 bits per heavy atom. The third kappa shape index (κ3) is 4.88. The monoisotopic (exact) mass is 327 g/mol. The number of carbonyl (C=O) groups is 1. The van der Waals surface area contributed by atoms with E-state index in [0.29, 0.717) is 0 Å². The van der Waals surface area contributed by atoms with Crippen LogP contribution in [0.1, 0.15) is 10.4 Å². The van der Waals surface area contributed by atoms with E-state index in [2.05, 4.69) is 5.32 Å². The van der Waals surface area contributed by atoms with Gasteiger partial charge in [0.15, 0.2) is 0 Å². The fourth-order valence-electron chi connectivity index (χ4n) is 1.23. The molecule has 0 spiro atoms. The number of rotatable bonds is 5. The SMILES string of the molecule is CS(=O)CCNC(=O)c1cc(S(=O)(=O)Cl)ccc1F. The third-order valence-corrected chi connectivity index (χ3v) is 4.27. The molecule has 1 atom stereocenters. The van der Waals surface area contributed by atoms with Crippen molar-refractivity contribution >= 4 is 36.4 Å². The first-order chi connectivity index (χ1) is 8.71. The Kier molecular flexibility index (Phi) is 5.45. The zero-order valence-corrected chi connectivity index (χ0v) is 12.2. The molecule has 19 heavy (non-hydrogen) atoms. The van der Waals surface area contributed by atoms with Crippen molar-refractivity contribution in [3.8, 4) is 0 Å². The highest BCUT2D eigenvalue weighted by Gasteiger charge is 2.17. The van der Waals surface area contributed by atoms with Gasteiger partial charge in [-0.15, -0.1) is 0 Å². The predicted octanol–water partition coefficient (Wildman–Crippen LogP) is 0.861. The average Bonchev–Trinajstić information content (AvgIpc) is 2.27. The molecule has 0 aliphatic carbocycles. The first-order valence-electron chi connectivity index (χ1n) is 5.04. The first kappa shape index (κ1) is 16.1. The molecule has 9 heteroatoms. The summed E-state index contributed by atoms with van der Waals surface area (Å²) in [6, 6.07) is 2.67. The van der Waals surface area contributed by atoms with Crippen molar-refractivity contribution in [3.05, 3.63) is 29.6 Å². The number of carbonyl (C=O) groups excluding carboxylic acids is 1. The second-order valence-corrected chi connectivity index (χ2v) is 7.73. The highest BCUT2D eigenvalue weighted by atomic mass is 35.7. The summed E-state index contributed by atoms with van der Waals surface area (Å²) in [5.74, 6) is -1.43. The molecular weight excluding hydrogens is 317 g/mol. The summed E-state index contributed by atoms with van der Waals surface area (Å²) in [7, 11) is -0.00897. The van der Waals surface area contributed by atoms with E-state index in [1.807, 2.05) is 0 Å². The molecule has 1 rings (SSSR count). The van der Waals surface area contributed by atoms with Gasteiger partial charge in [0.25, 0.3) is 15.0 Å². The highest BCUT2D eigenvalue weighted by molar-refractivity contribution is 8.13. The molecule has 0 aliphatic heterocycles. The lowest BCUT2D eigenvalue weighted by atomic mass is 10.2. The third-order valence-electron chi connectivity index (χ3n) is 2.14. The molecular formula is C10H11ClFNO4S2. The number of benzene rings is 1. The number of halogens is 2. The van der Waals surface area contributed by atoms with Crippen LogP contribution in [0.5, 0.6) is 0 Å². The highest BCUT2D eigenvalue weighted by Crippen LogP contribution is 2.18. The molecule has 5 nitrogen and oxygen atoms in total. The minimum Gasteiger partial charge on any atom is -0.351 e. The lowest BCUT2D eigenvalue weighted by Gasteiger charge is -2.06. The van der Waals surface area contributed by atoms with E-state index in [1.54, 1.807) is 0 Å². The van der Waals surface area contributed by atoms with Gasteiger partial charge in [0.2, 0.25) is 0 Å². The van der Waals surface area contributed by atoms with Gasteiger partial charge in [-0.05, 0) is 18.2 Å². The lowest BCUT2D eigenvalue weighted by Crippen LogP contribution is -2.28. The predicted molar refractivity (Wildman–Crippen MR) is 70.7 cm³/mol. The van der Waals surface area contributed by atoms with E-state index in [1.165, 1.54) is 6.26 Å². The molecule has 0 fully saturated rings. The van der Waals surface area contributed by atoms with Gasteiger partial charge in [0.1, 0.15) is 5.82 Å². The Labute approximate surface area is 117 Å². The molecule has 1 aromatic carbocycles. The lowest BCUT2D eigenvalue weighted by molar-refractivity contribution is 0.0952. The summed E-state index contributed by atoms with van der Waals surface area (Å²) in [6.45, 7) is 0.0965. The molecule has 106 valence electrons. The molecule has 1 amide bonds. The van der Waals surface area contributed by atoms with Gasteiger partial charge in [0, 0.05) is 40.0 Å². The number of hydrogen-bond acceptors (Lipinski definition) is 4. The standard InChI is InChI=1S/C10H11ClFNO4S2/c1-18(15)5-4-13-10(14)8-6-7(19(11,16)17)2-3-9(8)12/h2-3,6H,4-5H2,1H3,(H,13,14). The topological polar surface area (TPSA) is 80.3 Å². The van der Waals surface area contributed by atoms with E-state index in [-0.39, 0.29) is 17.2 Å². The van der Waals surface area contributed by atoms with Crippen molar-refractivity contribution in [1.82, 2.24) is 5.32 Å². The molecule has 0 heterocycles. The molecule has 0 saturated heterocycles. The van der Waals surface area contributed by atoms with Crippen LogP contribution in [0.15, 0.2) is 23.1 Å². The van der Waals surface area contributed by atoms with E-state index in [0.717, 1.165) is 18.2 Å². The van der Waals surface area contributed by atoms with Crippen LogP contribution >= 0.6 is 10.7 Å². The van der Waals surface area contributed by atoms with E-state index in [4.69, 9.17) is 10.7 Å². The largest absolute Gasteiger partial charge is 0.351 e. The zero-order valence-electron chi connectivity index (χ0n) is 9.85. The maximum Gasteiger partial charge on any atom is 0.261 e. The van der Waals surface area contributed by atoms with Crippen molar-refractivity contribution in [3.63, 3.8) is 0 Å². The summed E-state index contributed by atoms with van der Waals surface area (Å²) in [5, 5.41) is 2.34. The Hall–Kier alpha value is -0.990. The molecule has 0 bridgehead atoms. The van der Waals surface area contributed by atoms with Gasteiger partial charge in [-0.25, -0.2) is 12.8 Å². The maximum atomic E-state index is 13.4. The maximum absolute atomic E-state index is 13.4. The van der Waals surface area contributed by atoms with Crippen LogP contribution in [0.3, 0.4) is 0 Å². The van der Waals surface area contributed by atoms with Gasteiger partial charge < -0.3 is 5.32 Å². The Balaban J connectivity index is 2.93. The van der Waals surface area contributed by atoms with Gasteiger partial charge in [0.05, 0.1) is 10.5 Å². The Bertz CT molecular complexity index is 618. The van der Waals surface area contributed by atoms with Crippen LogP contribution in [0.4, 0.5) is 4.39 Å². The summed E-state index contributed by atoms with van der Waals surface area (Å²) in [6.07, 6.45) is 1.47. The van der Waals surface area contributed by atoms with E-state index >= 15 is 0 Å². The zero-order chi connectivity index (χ0) is 14.6. The number of nitrogens with one attached hydrogen (secondary N) is 1. The summed E-state index contributed by atoms with van der Waals surface area (Å²) >= 11 is 0. The summed E-state index contributed by atoms with van der Waals surface area (Å²) < 4.78 is 46.4. The number of amides is 1. The summed E-state index contributed by atoms with van der Waals surface area (Å²) in [5.41, 5.74) is -0.427. The molecule has 0 radical (unpaired) electrons. The van der Waals surface area contributed by atoms with Crippen LogP contribution in [0.2, 0.25) is 0 Å². The average molecular weight is 328 g/mol. The normalized spacial score (nSPS) is 13.0. The second kappa shape index (κ2) is 6.44. The van der Waals surface area contributed by atoms with Gasteiger partial charge in [-0.3, -0.25) is 9.00 Å². The second-order valence-electron chi connectivity index (χ2n) is 3.61. The molecule has 1 aromatic rings. The quantitative estimate of drug-likeness (QED) is 0.813. The Morgan fingerprint density at radius 1 is 1.47 bits per heavy atom. The fourth-order valence-corrected chi connectivity index (χ4v) is 2.40. The van der Waals surface area contributed by atoms with Crippen LogP contribution < -0.4 is 5.32 Å². The van der Waals surface area contributed by atoms with E-state index in [9.17, 15) is 21.8 Å². The van der Waals surface area contributed by atoms with Gasteiger partial charge in [-0.1, -0.05) is 0 Å². The van der Waals surface area contributed by atoms with Crippen LogP contribution in [0.25, 0.3) is 0 Å². The van der Waals surface area contributed by atoms with E-state index < -0.39 is 37.1 Å². The molecule has 0 aliphatic rings. The van der Waals surface area contributed by atoms with Crippen molar-refractivity contribution in [1.29, 1.82) is 0 Å². The number of hydrogen-bond donors (Lipinski definition) is 1.